The summed E-state index contributed by atoms with van der Waals surface area (Å²) in [6.07, 6.45) is 0.783. The summed E-state index contributed by atoms with van der Waals surface area (Å²) in [6.45, 7) is 2.00. The first kappa shape index (κ1) is 14.2. The summed E-state index contributed by atoms with van der Waals surface area (Å²) >= 11 is 3.06. The molecule has 2 rings (SSSR count). The Labute approximate surface area is 120 Å². The number of carboxylic acids is 1. The van der Waals surface area contributed by atoms with Gasteiger partial charge in [0.25, 0.3) is 0 Å². The fraction of sp³-hybridized carbons (Fsp3) is 0.500. The number of nitrogens with zero attached hydrogens (tertiary/aromatic N) is 1. The van der Waals surface area contributed by atoms with Crippen molar-refractivity contribution in [3.63, 3.8) is 0 Å². The van der Waals surface area contributed by atoms with Crippen molar-refractivity contribution in [3.8, 4) is 0 Å². The second kappa shape index (κ2) is 6.29. The normalized spacial score (nSPS) is 20.3. The van der Waals surface area contributed by atoms with E-state index in [1.54, 1.807) is 11.3 Å². The largest absolute Gasteiger partial charge is 0.480 e. The minimum absolute atomic E-state index is 0.0486. The van der Waals surface area contributed by atoms with Crippen molar-refractivity contribution in [1.29, 1.82) is 0 Å². The van der Waals surface area contributed by atoms with Crippen LogP contribution in [-0.4, -0.2) is 39.7 Å². The van der Waals surface area contributed by atoms with Crippen LogP contribution in [0.2, 0.25) is 0 Å². The zero-order chi connectivity index (χ0) is 13.8. The first-order chi connectivity index (χ1) is 9.13. The van der Waals surface area contributed by atoms with Crippen LogP contribution in [0.1, 0.15) is 24.3 Å². The maximum Gasteiger partial charge on any atom is 0.327 e. The molecule has 0 spiro atoms. The van der Waals surface area contributed by atoms with Gasteiger partial charge in [-0.3, -0.25) is 0 Å². The van der Waals surface area contributed by atoms with Gasteiger partial charge in [0.1, 0.15) is 6.04 Å². The van der Waals surface area contributed by atoms with Crippen LogP contribution in [0.5, 0.6) is 0 Å². The number of nitrogens with one attached hydrogen (secondary N) is 1. The molecule has 7 heteroatoms. The van der Waals surface area contributed by atoms with E-state index in [0.29, 0.717) is 11.6 Å². The van der Waals surface area contributed by atoms with Gasteiger partial charge in [0.2, 0.25) is 0 Å². The molecule has 1 aliphatic rings. The van der Waals surface area contributed by atoms with Gasteiger partial charge in [-0.05, 0) is 17.9 Å². The number of carboxylic acid groups (broad SMARTS) is 1. The Morgan fingerprint density at radius 1 is 1.63 bits per heavy atom. The number of amides is 2. The van der Waals surface area contributed by atoms with Crippen molar-refractivity contribution in [2.75, 3.05) is 11.6 Å². The van der Waals surface area contributed by atoms with Crippen molar-refractivity contribution in [3.05, 3.63) is 22.4 Å². The third kappa shape index (κ3) is 3.22. The lowest BCUT2D eigenvalue weighted by Crippen LogP contribution is -2.47. The Hall–Kier alpha value is -1.21. The number of carbonyl (C=O) groups excluding carboxylic acids is 1. The van der Waals surface area contributed by atoms with Crippen LogP contribution in [0, 0.1) is 0 Å². The van der Waals surface area contributed by atoms with E-state index in [1.807, 2.05) is 24.4 Å². The molecule has 0 aromatic carbocycles. The number of thioether (sulfide) groups is 1. The molecule has 5 nitrogen and oxygen atoms in total. The number of hydrogen-bond donors (Lipinski definition) is 2. The van der Waals surface area contributed by atoms with E-state index in [0.717, 1.165) is 11.3 Å². The molecule has 2 N–H and O–H groups in total. The molecule has 1 unspecified atom stereocenters. The van der Waals surface area contributed by atoms with Gasteiger partial charge in [-0.25, -0.2) is 9.59 Å². The van der Waals surface area contributed by atoms with Gasteiger partial charge in [-0.2, -0.15) is 0 Å². The lowest BCUT2D eigenvalue weighted by molar-refractivity contribution is -0.140. The summed E-state index contributed by atoms with van der Waals surface area (Å²) in [7, 11) is 0. The highest BCUT2D eigenvalue weighted by Crippen LogP contribution is 2.25. The SMILES string of the molecule is CCC(NC(=O)N1CSC[C@H]1C(=O)O)c1cccs1. The van der Waals surface area contributed by atoms with E-state index in [1.165, 1.54) is 16.7 Å². The van der Waals surface area contributed by atoms with E-state index < -0.39 is 12.0 Å². The summed E-state index contributed by atoms with van der Waals surface area (Å²) in [6, 6.07) is 2.86. The predicted octanol–water partition coefficient (Wildman–Crippen LogP) is 2.37. The molecule has 0 radical (unpaired) electrons. The van der Waals surface area contributed by atoms with Gasteiger partial charge in [0, 0.05) is 10.6 Å². The van der Waals surface area contributed by atoms with Crippen molar-refractivity contribution in [2.24, 2.45) is 0 Å². The molecule has 0 bridgehead atoms. The summed E-state index contributed by atoms with van der Waals surface area (Å²) in [5, 5.41) is 14.0. The zero-order valence-electron chi connectivity index (χ0n) is 10.5. The molecule has 1 fully saturated rings. The smallest absolute Gasteiger partial charge is 0.327 e. The minimum atomic E-state index is -0.940. The molecule has 19 heavy (non-hydrogen) atoms. The molecular formula is C12H16N2O3S2. The van der Waals surface area contributed by atoms with Crippen LogP contribution < -0.4 is 5.32 Å². The highest BCUT2D eigenvalue weighted by Gasteiger charge is 2.35. The van der Waals surface area contributed by atoms with Crippen LogP contribution in [0.3, 0.4) is 0 Å². The van der Waals surface area contributed by atoms with Crippen LogP contribution in [0.4, 0.5) is 4.79 Å². The fourth-order valence-corrected chi connectivity index (χ4v) is 3.95. The Morgan fingerprint density at radius 2 is 2.42 bits per heavy atom. The average Bonchev–Trinajstić information content (AvgIpc) is 3.05. The predicted molar refractivity (Wildman–Crippen MR) is 76.5 cm³/mol. The standard InChI is InChI=1S/C12H16N2O3S2/c1-2-8(10-4-3-5-19-10)13-12(17)14-7-18-6-9(14)11(15)16/h3-5,8-9H,2,6-7H2,1H3,(H,13,17)(H,15,16)/t8?,9-/m0/s1. The molecule has 1 aromatic rings. The molecule has 104 valence electrons. The second-order valence-electron chi connectivity index (χ2n) is 4.25. The number of aliphatic carboxylic acids is 1. The third-order valence-corrected chi connectivity index (χ3v) is 5.02. The molecule has 1 aliphatic heterocycles. The summed E-state index contributed by atoms with van der Waals surface area (Å²) < 4.78 is 0. The maximum absolute atomic E-state index is 12.2. The monoisotopic (exact) mass is 300 g/mol. The molecule has 1 saturated heterocycles. The summed E-state index contributed by atoms with van der Waals surface area (Å²) in [4.78, 5) is 25.7. The number of carbonyl (C=O) groups is 2. The number of thiophene rings is 1. The van der Waals surface area contributed by atoms with E-state index in [-0.39, 0.29) is 12.1 Å². The molecule has 2 amide bonds. The van der Waals surface area contributed by atoms with Gasteiger partial charge in [0.05, 0.1) is 11.9 Å². The fourth-order valence-electron chi connectivity index (χ4n) is 1.94. The van der Waals surface area contributed by atoms with Crippen molar-refractivity contribution in [1.82, 2.24) is 10.2 Å². The molecule has 0 aliphatic carbocycles. The highest BCUT2D eigenvalue weighted by molar-refractivity contribution is 7.99. The number of urea groups is 1. The minimum Gasteiger partial charge on any atom is -0.480 e. The Kier molecular flexibility index (Phi) is 4.71. The van der Waals surface area contributed by atoms with Gasteiger partial charge in [-0.15, -0.1) is 23.1 Å². The Morgan fingerprint density at radius 3 is 3.00 bits per heavy atom. The van der Waals surface area contributed by atoms with Crippen molar-refractivity contribution in [2.45, 2.75) is 25.4 Å². The van der Waals surface area contributed by atoms with Crippen LogP contribution >= 0.6 is 23.1 Å². The Balaban J connectivity index is 2.02. The van der Waals surface area contributed by atoms with Crippen LogP contribution in [0.25, 0.3) is 0 Å². The van der Waals surface area contributed by atoms with Crippen molar-refractivity contribution >= 4 is 35.1 Å². The molecule has 0 saturated carbocycles. The lowest BCUT2D eigenvalue weighted by Gasteiger charge is -2.24. The topological polar surface area (TPSA) is 69.6 Å². The van der Waals surface area contributed by atoms with Crippen molar-refractivity contribution < 1.29 is 14.7 Å². The van der Waals surface area contributed by atoms with E-state index in [4.69, 9.17) is 5.11 Å². The second-order valence-corrected chi connectivity index (χ2v) is 6.23. The highest BCUT2D eigenvalue weighted by atomic mass is 32.2. The zero-order valence-corrected chi connectivity index (χ0v) is 12.2. The van der Waals surface area contributed by atoms with E-state index in [2.05, 4.69) is 5.32 Å². The van der Waals surface area contributed by atoms with Crippen LogP contribution in [-0.2, 0) is 4.79 Å². The van der Waals surface area contributed by atoms with Crippen LogP contribution in [0.15, 0.2) is 17.5 Å². The molecule has 2 heterocycles. The molecule has 2 atom stereocenters. The summed E-state index contributed by atoms with van der Waals surface area (Å²) in [5.41, 5.74) is 0. The average molecular weight is 300 g/mol. The number of hydrogen-bond acceptors (Lipinski definition) is 4. The first-order valence-electron chi connectivity index (χ1n) is 6.04. The number of rotatable bonds is 4. The van der Waals surface area contributed by atoms with E-state index >= 15 is 0 Å². The lowest BCUT2D eigenvalue weighted by atomic mass is 10.2. The van der Waals surface area contributed by atoms with Gasteiger partial charge in [-0.1, -0.05) is 13.0 Å². The maximum atomic E-state index is 12.2. The first-order valence-corrected chi connectivity index (χ1v) is 8.08. The van der Waals surface area contributed by atoms with Gasteiger partial charge in [0.15, 0.2) is 0 Å². The molecule has 1 aromatic heterocycles. The van der Waals surface area contributed by atoms with E-state index in [9.17, 15) is 9.59 Å². The third-order valence-electron chi connectivity index (χ3n) is 3.02. The van der Waals surface area contributed by atoms with Gasteiger partial charge >= 0.3 is 12.0 Å². The quantitative estimate of drug-likeness (QED) is 0.895. The molecular weight excluding hydrogens is 284 g/mol. The van der Waals surface area contributed by atoms with Gasteiger partial charge < -0.3 is 15.3 Å². The Bertz CT molecular complexity index is 450. The summed E-state index contributed by atoms with van der Waals surface area (Å²) in [5.74, 6) is -0.0493.